The third-order valence-corrected chi connectivity index (χ3v) is 3.48. The van der Waals surface area contributed by atoms with Crippen molar-refractivity contribution in [1.29, 1.82) is 0 Å². The molecule has 1 aromatic carbocycles. The smallest absolute Gasteiger partial charge is 0.124 e. The Hall–Kier alpha value is -1.14. The molecule has 0 aliphatic carbocycles. The first-order chi connectivity index (χ1) is 10.8. The lowest BCUT2D eigenvalue weighted by Crippen LogP contribution is -2.30. The molecule has 0 aromatic heterocycles. The number of aromatic hydroxyl groups is 1. The maximum absolute atomic E-state index is 10.5. The molecule has 0 radical (unpaired) electrons. The van der Waals surface area contributed by atoms with E-state index in [9.17, 15) is 5.11 Å². The topological polar surface area (TPSA) is 73.5 Å². The maximum Gasteiger partial charge on any atom is 0.124 e. The molecule has 5 heteroatoms. The first-order valence-corrected chi connectivity index (χ1v) is 8.45. The van der Waals surface area contributed by atoms with Crippen molar-refractivity contribution in [2.45, 2.75) is 46.4 Å². The van der Waals surface area contributed by atoms with Gasteiger partial charge in [-0.3, -0.25) is 0 Å². The molecule has 5 nitrogen and oxygen atoms in total. The van der Waals surface area contributed by atoms with Crippen LogP contribution in [0.25, 0.3) is 0 Å². The average Bonchev–Trinajstić information content (AvgIpc) is 2.42. The van der Waals surface area contributed by atoms with Crippen LogP contribution < -0.4 is 16.4 Å². The summed E-state index contributed by atoms with van der Waals surface area (Å²) < 4.78 is 0. The number of benzene rings is 1. The van der Waals surface area contributed by atoms with Crippen molar-refractivity contribution in [2.24, 2.45) is 11.7 Å². The molecule has 0 aliphatic heterocycles. The molecule has 0 saturated carbocycles. The molecule has 1 atom stereocenters. The molecule has 0 bridgehead atoms. The summed E-state index contributed by atoms with van der Waals surface area (Å²) in [7, 11) is 4.02. The first-order valence-electron chi connectivity index (χ1n) is 8.45. The maximum atomic E-state index is 10.5. The van der Waals surface area contributed by atoms with E-state index in [1.54, 1.807) is 0 Å². The minimum Gasteiger partial charge on any atom is -0.507 e. The Morgan fingerprint density at radius 2 is 1.65 bits per heavy atom. The van der Waals surface area contributed by atoms with Crippen LogP contribution in [0.5, 0.6) is 5.75 Å². The van der Waals surface area contributed by atoms with Gasteiger partial charge in [-0.15, -0.1) is 0 Å². The van der Waals surface area contributed by atoms with Crippen molar-refractivity contribution in [3.05, 3.63) is 28.8 Å². The van der Waals surface area contributed by atoms with Crippen LogP contribution in [0, 0.1) is 5.92 Å². The molecule has 1 unspecified atom stereocenters. The van der Waals surface area contributed by atoms with Gasteiger partial charge in [0.25, 0.3) is 0 Å². The third kappa shape index (κ3) is 7.79. The monoisotopic (exact) mass is 322 g/mol. The number of phenolic OH excluding ortho intramolecular Hbond substituents is 1. The van der Waals surface area contributed by atoms with E-state index >= 15 is 0 Å². The van der Waals surface area contributed by atoms with Crippen LogP contribution in [0.2, 0.25) is 0 Å². The Bertz CT molecular complexity index is 472. The number of hydrogen-bond donors (Lipinski definition) is 4. The van der Waals surface area contributed by atoms with Crippen LogP contribution in [-0.2, 0) is 19.6 Å². The Kier molecular flexibility index (Phi) is 8.55. The van der Waals surface area contributed by atoms with Crippen LogP contribution in [-0.4, -0.2) is 43.2 Å². The highest BCUT2D eigenvalue weighted by Crippen LogP contribution is 2.26. The summed E-state index contributed by atoms with van der Waals surface area (Å²) in [5.74, 6) is 1.00. The zero-order chi connectivity index (χ0) is 17.4. The fourth-order valence-electron chi connectivity index (χ4n) is 2.47. The zero-order valence-corrected chi connectivity index (χ0v) is 15.3. The Morgan fingerprint density at radius 1 is 1.04 bits per heavy atom. The molecule has 0 saturated heterocycles. The Labute approximate surface area is 141 Å². The number of nitrogens with zero attached hydrogens (tertiary/aromatic N) is 1. The van der Waals surface area contributed by atoms with E-state index in [4.69, 9.17) is 5.73 Å². The summed E-state index contributed by atoms with van der Waals surface area (Å²) in [6, 6.07) is 4.30. The summed E-state index contributed by atoms with van der Waals surface area (Å²) in [6.45, 7) is 10.2. The lowest BCUT2D eigenvalue weighted by molar-refractivity contribution is 0.383. The second-order valence-corrected chi connectivity index (χ2v) is 7.13. The van der Waals surface area contributed by atoms with E-state index in [-0.39, 0.29) is 6.04 Å². The molecule has 5 N–H and O–H groups in total. The van der Waals surface area contributed by atoms with E-state index < -0.39 is 0 Å². The van der Waals surface area contributed by atoms with Crippen LogP contribution in [0.1, 0.15) is 37.5 Å². The van der Waals surface area contributed by atoms with E-state index in [1.165, 1.54) is 5.56 Å². The van der Waals surface area contributed by atoms with Gasteiger partial charge in [-0.25, -0.2) is 0 Å². The normalized spacial score (nSPS) is 13.0. The summed E-state index contributed by atoms with van der Waals surface area (Å²) in [6.07, 6.45) is 0. The van der Waals surface area contributed by atoms with E-state index in [0.29, 0.717) is 18.2 Å². The Balaban J connectivity index is 2.87. The number of nitrogens with one attached hydrogen (secondary N) is 2. The van der Waals surface area contributed by atoms with Gasteiger partial charge in [0.15, 0.2) is 0 Å². The second kappa shape index (κ2) is 9.88. The third-order valence-electron chi connectivity index (χ3n) is 3.48. The highest BCUT2D eigenvalue weighted by Gasteiger charge is 2.11. The van der Waals surface area contributed by atoms with E-state index in [2.05, 4.69) is 41.5 Å². The number of rotatable bonds is 10. The van der Waals surface area contributed by atoms with Gasteiger partial charge in [0.1, 0.15) is 5.75 Å². The largest absolute Gasteiger partial charge is 0.507 e. The van der Waals surface area contributed by atoms with Crippen molar-refractivity contribution in [2.75, 3.05) is 27.2 Å². The van der Waals surface area contributed by atoms with Gasteiger partial charge in [-0.05, 0) is 51.2 Å². The quantitative estimate of drug-likeness (QED) is 0.527. The van der Waals surface area contributed by atoms with Crippen molar-refractivity contribution in [3.8, 4) is 5.75 Å². The average molecular weight is 322 g/mol. The first kappa shape index (κ1) is 19.9. The SMILES string of the molecule is CC(C)CNCc1cc(CNCC(C)N)cc(CN(C)C)c1O. The molecule has 0 heterocycles. The number of phenols is 1. The van der Waals surface area contributed by atoms with Gasteiger partial charge in [0, 0.05) is 43.3 Å². The molecule has 23 heavy (non-hydrogen) atoms. The Morgan fingerprint density at radius 3 is 2.22 bits per heavy atom. The summed E-state index contributed by atoms with van der Waals surface area (Å²) in [5.41, 5.74) is 8.89. The van der Waals surface area contributed by atoms with Crippen LogP contribution in [0.15, 0.2) is 12.1 Å². The summed E-state index contributed by atoms with van der Waals surface area (Å²) in [5, 5.41) is 17.3. The van der Waals surface area contributed by atoms with Crippen LogP contribution in [0.4, 0.5) is 0 Å². The minimum atomic E-state index is 0.139. The number of nitrogens with two attached hydrogens (primary N) is 1. The molecule has 0 spiro atoms. The van der Waals surface area contributed by atoms with Crippen molar-refractivity contribution < 1.29 is 5.11 Å². The molecule has 1 rings (SSSR count). The van der Waals surface area contributed by atoms with Gasteiger partial charge < -0.3 is 26.4 Å². The fourth-order valence-corrected chi connectivity index (χ4v) is 2.47. The predicted octanol–water partition coefficient (Wildman–Crippen LogP) is 1.64. The molecular formula is C18H34N4O. The molecule has 0 aliphatic rings. The van der Waals surface area contributed by atoms with Crippen LogP contribution >= 0.6 is 0 Å². The highest BCUT2D eigenvalue weighted by molar-refractivity contribution is 5.44. The van der Waals surface area contributed by atoms with Gasteiger partial charge in [0.05, 0.1) is 0 Å². The minimum absolute atomic E-state index is 0.139. The standard InChI is InChI=1S/C18H34N4O/c1-13(2)8-20-11-16-6-15(10-21-9-14(3)19)7-17(18(16)23)12-22(4)5/h6-7,13-14,20-21,23H,8-12,19H2,1-5H3. The lowest BCUT2D eigenvalue weighted by atomic mass is 10.0. The number of hydrogen-bond acceptors (Lipinski definition) is 5. The zero-order valence-electron chi connectivity index (χ0n) is 15.3. The highest BCUT2D eigenvalue weighted by atomic mass is 16.3. The molecule has 132 valence electrons. The van der Waals surface area contributed by atoms with E-state index in [0.717, 1.165) is 37.3 Å². The molecule has 0 fully saturated rings. The van der Waals surface area contributed by atoms with Gasteiger partial charge in [-0.1, -0.05) is 13.8 Å². The van der Waals surface area contributed by atoms with Gasteiger partial charge in [0.2, 0.25) is 0 Å². The fraction of sp³-hybridized carbons (Fsp3) is 0.667. The summed E-state index contributed by atoms with van der Waals surface area (Å²) in [4.78, 5) is 2.07. The lowest BCUT2D eigenvalue weighted by Gasteiger charge is -2.17. The van der Waals surface area contributed by atoms with E-state index in [1.807, 2.05) is 21.0 Å². The van der Waals surface area contributed by atoms with Gasteiger partial charge >= 0.3 is 0 Å². The second-order valence-electron chi connectivity index (χ2n) is 7.13. The molecular weight excluding hydrogens is 288 g/mol. The molecule has 0 amide bonds. The molecule has 1 aromatic rings. The van der Waals surface area contributed by atoms with Crippen molar-refractivity contribution in [1.82, 2.24) is 15.5 Å². The predicted molar refractivity (Wildman–Crippen MR) is 97.4 cm³/mol. The van der Waals surface area contributed by atoms with Crippen molar-refractivity contribution >= 4 is 0 Å². The van der Waals surface area contributed by atoms with Crippen LogP contribution in [0.3, 0.4) is 0 Å². The summed E-state index contributed by atoms with van der Waals surface area (Å²) >= 11 is 0. The van der Waals surface area contributed by atoms with Gasteiger partial charge in [-0.2, -0.15) is 0 Å². The van der Waals surface area contributed by atoms with Crippen molar-refractivity contribution in [3.63, 3.8) is 0 Å².